The van der Waals surface area contributed by atoms with Crippen molar-refractivity contribution in [2.75, 3.05) is 5.32 Å². The van der Waals surface area contributed by atoms with Crippen LogP contribution in [0.1, 0.15) is 24.1 Å². The molecule has 112 valence electrons. The van der Waals surface area contributed by atoms with Gasteiger partial charge in [0.15, 0.2) is 0 Å². The summed E-state index contributed by atoms with van der Waals surface area (Å²) < 4.78 is 38.6. The Morgan fingerprint density at radius 3 is 2.48 bits per heavy atom. The maximum Gasteiger partial charge on any atom is 0.417 e. The minimum Gasteiger partial charge on any atom is -0.379 e. The quantitative estimate of drug-likeness (QED) is 0.661. The van der Waals surface area contributed by atoms with Crippen LogP contribution in [0.5, 0.6) is 0 Å². The SMILES string of the molecule is CC(Nc1ccc(Br)c(C(F)(F)F)c1)c1cccc(Cl)c1. The zero-order valence-electron chi connectivity index (χ0n) is 11.0. The summed E-state index contributed by atoms with van der Waals surface area (Å²) in [5, 5.41) is 3.64. The highest BCUT2D eigenvalue weighted by molar-refractivity contribution is 9.10. The summed E-state index contributed by atoms with van der Waals surface area (Å²) in [4.78, 5) is 0. The van der Waals surface area contributed by atoms with E-state index in [1.54, 1.807) is 24.3 Å². The molecule has 0 bridgehead atoms. The molecule has 0 fully saturated rings. The summed E-state index contributed by atoms with van der Waals surface area (Å²) in [6.07, 6.45) is -4.39. The second-order valence-electron chi connectivity index (χ2n) is 4.61. The van der Waals surface area contributed by atoms with Gasteiger partial charge in [-0.1, -0.05) is 39.7 Å². The highest BCUT2D eigenvalue weighted by Gasteiger charge is 2.33. The van der Waals surface area contributed by atoms with Crippen molar-refractivity contribution in [3.8, 4) is 0 Å². The van der Waals surface area contributed by atoms with Gasteiger partial charge in [-0.15, -0.1) is 0 Å². The monoisotopic (exact) mass is 377 g/mol. The van der Waals surface area contributed by atoms with Crippen LogP contribution in [0.4, 0.5) is 18.9 Å². The van der Waals surface area contributed by atoms with Gasteiger partial charge in [0, 0.05) is 21.2 Å². The fourth-order valence-electron chi connectivity index (χ4n) is 1.94. The predicted octanol–water partition coefficient (Wildman–Crippen LogP) is 6.29. The molecule has 0 aliphatic heterocycles. The van der Waals surface area contributed by atoms with Crippen molar-refractivity contribution < 1.29 is 13.2 Å². The molecule has 1 N–H and O–H groups in total. The number of hydrogen-bond acceptors (Lipinski definition) is 1. The average molecular weight is 379 g/mol. The Kier molecular flexibility index (Phi) is 4.84. The van der Waals surface area contributed by atoms with Gasteiger partial charge in [0.1, 0.15) is 0 Å². The van der Waals surface area contributed by atoms with Crippen molar-refractivity contribution in [2.45, 2.75) is 19.1 Å². The Hall–Kier alpha value is -1.20. The fraction of sp³-hybridized carbons (Fsp3) is 0.200. The zero-order valence-corrected chi connectivity index (χ0v) is 13.4. The van der Waals surface area contributed by atoms with Gasteiger partial charge in [-0.05, 0) is 42.8 Å². The van der Waals surface area contributed by atoms with Crippen molar-refractivity contribution in [3.05, 3.63) is 63.1 Å². The molecule has 0 saturated heterocycles. The summed E-state index contributed by atoms with van der Waals surface area (Å²) >= 11 is 8.84. The standard InChI is InChI=1S/C15H12BrClF3N/c1-9(10-3-2-4-11(17)7-10)21-12-5-6-14(16)13(8-12)15(18,19)20/h2-9,21H,1H3. The molecule has 1 nitrogen and oxygen atoms in total. The highest BCUT2D eigenvalue weighted by atomic mass is 79.9. The van der Waals surface area contributed by atoms with Gasteiger partial charge in [-0.2, -0.15) is 13.2 Å². The third-order valence-electron chi connectivity index (χ3n) is 3.00. The number of alkyl halides is 3. The molecule has 0 aliphatic carbocycles. The Bertz CT molecular complexity index is 643. The normalized spacial score (nSPS) is 13.0. The average Bonchev–Trinajstić information content (AvgIpc) is 2.39. The molecule has 0 aliphatic rings. The first kappa shape index (κ1) is 16.2. The van der Waals surface area contributed by atoms with Crippen LogP contribution in [0.3, 0.4) is 0 Å². The lowest BCUT2D eigenvalue weighted by atomic mass is 10.1. The Labute approximate surface area is 134 Å². The van der Waals surface area contributed by atoms with E-state index in [0.717, 1.165) is 11.6 Å². The number of anilines is 1. The smallest absolute Gasteiger partial charge is 0.379 e. The number of hydrogen-bond donors (Lipinski definition) is 1. The van der Waals surface area contributed by atoms with E-state index < -0.39 is 11.7 Å². The zero-order chi connectivity index (χ0) is 15.6. The van der Waals surface area contributed by atoms with Gasteiger partial charge in [0.25, 0.3) is 0 Å². The van der Waals surface area contributed by atoms with Gasteiger partial charge in [0.2, 0.25) is 0 Å². The van der Waals surface area contributed by atoms with Crippen molar-refractivity contribution in [1.82, 2.24) is 0 Å². The van der Waals surface area contributed by atoms with E-state index in [0.29, 0.717) is 10.7 Å². The van der Waals surface area contributed by atoms with E-state index in [4.69, 9.17) is 11.6 Å². The fourth-order valence-corrected chi connectivity index (χ4v) is 2.61. The van der Waals surface area contributed by atoms with Crippen molar-refractivity contribution in [2.24, 2.45) is 0 Å². The minimum atomic E-state index is -4.39. The van der Waals surface area contributed by atoms with Crippen LogP contribution in [0.2, 0.25) is 5.02 Å². The summed E-state index contributed by atoms with van der Waals surface area (Å²) in [6, 6.07) is 11.1. The summed E-state index contributed by atoms with van der Waals surface area (Å²) in [5.74, 6) is 0. The molecule has 1 unspecified atom stereocenters. The predicted molar refractivity (Wildman–Crippen MR) is 82.6 cm³/mol. The van der Waals surface area contributed by atoms with Gasteiger partial charge in [-0.25, -0.2) is 0 Å². The van der Waals surface area contributed by atoms with Crippen LogP contribution >= 0.6 is 27.5 Å². The van der Waals surface area contributed by atoms with Crippen LogP contribution in [-0.2, 0) is 6.18 Å². The third kappa shape index (κ3) is 4.14. The molecule has 6 heteroatoms. The summed E-state index contributed by atoms with van der Waals surface area (Å²) in [7, 11) is 0. The summed E-state index contributed by atoms with van der Waals surface area (Å²) in [5.41, 5.74) is 0.600. The van der Waals surface area contributed by atoms with Gasteiger partial charge < -0.3 is 5.32 Å². The van der Waals surface area contributed by atoms with Gasteiger partial charge >= 0.3 is 6.18 Å². The second kappa shape index (κ2) is 6.28. The van der Waals surface area contributed by atoms with E-state index in [-0.39, 0.29) is 10.5 Å². The molecule has 0 saturated carbocycles. The Balaban J connectivity index is 2.24. The molecule has 2 aromatic rings. The Morgan fingerprint density at radius 1 is 1.14 bits per heavy atom. The maximum absolute atomic E-state index is 12.9. The third-order valence-corrected chi connectivity index (χ3v) is 3.93. The van der Waals surface area contributed by atoms with Crippen LogP contribution in [-0.4, -0.2) is 0 Å². The van der Waals surface area contributed by atoms with E-state index in [9.17, 15) is 13.2 Å². The lowest BCUT2D eigenvalue weighted by molar-refractivity contribution is -0.138. The molecule has 1 atom stereocenters. The van der Waals surface area contributed by atoms with Gasteiger partial charge in [0.05, 0.1) is 5.56 Å². The molecule has 21 heavy (non-hydrogen) atoms. The first-order valence-electron chi connectivity index (χ1n) is 6.16. The molecular formula is C15H12BrClF3N. The first-order valence-corrected chi connectivity index (χ1v) is 7.33. The molecule has 0 aromatic heterocycles. The molecule has 0 spiro atoms. The van der Waals surface area contributed by atoms with Crippen LogP contribution in [0.25, 0.3) is 0 Å². The number of halogens is 5. The summed E-state index contributed by atoms with van der Waals surface area (Å²) in [6.45, 7) is 1.86. The maximum atomic E-state index is 12.9. The van der Waals surface area contributed by atoms with E-state index in [2.05, 4.69) is 21.2 Å². The lowest BCUT2D eigenvalue weighted by Crippen LogP contribution is -2.10. The molecule has 0 heterocycles. The van der Waals surface area contributed by atoms with E-state index in [1.165, 1.54) is 6.07 Å². The lowest BCUT2D eigenvalue weighted by Gasteiger charge is -2.18. The van der Waals surface area contributed by atoms with Crippen LogP contribution < -0.4 is 5.32 Å². The molecule has 0 radical (unpaired) electrons. The van der Waals surface area contributed by atoms with Crippen molar-refractivity contribution in [1.29, 1.82) is 0 Å². The second-order valence-corrected chi connectivity index (χ2v) is 5.90. The number of benzene rings is 2. The topological polar surface area (TPSA) is 12.0 Å². The van der Waals surface area contributed by atoms with E-state index >= 15 is 0 Å². The van der Waals surface area contributed by atoms with Crippen LogP contribution in [0.15, 0.2) is 46.9 Å². The number of nitrogens with one attached hydrogen (secondary N) is 1. The molecular weight excluding hydrogens is 367 g/mol. The highest BCUT2D eigenvalue weighted by Crippen LogP contribution is 2.37. The van der Waals surface area contributed by atoms with Crippen LogP contribution in [0, 0.1) is 0 Å². The van der Waals surface area contributed by atoms with Crippen molar-refractivity contribution in [3.63, 3.8) is 0 Å². The largest absolute Gasteiger partial charge is 0.417 e. The van der Waals surface area contributed by atoms with Crippen molar-refractivity contribution >= 4 is 33.2 Å². The molecule has 2 aromatic carbocycles. The van der Waals surface area contributed by atoms with Gasteiger partial charge in [-0.3, -0.25) is 0 Å². The Morgan fingerprint density at radius 2 is 1.86 bits per heavy atom. The van der Waals surface area contributed by atoms with E-state index in [1.807, 2.05) is 13.0 Å². The number of rotatable bonds is 3. The molecule has 0 amide bonds. The first-order chi connectivity index (χ1) is 9.77. The minimum absolute atomic E-state index is 0.0240. The molecule has 2 rings (SSSR count).